The van der Waals surface area contributed by atoms with Crippen molar-refractivity contribution < 1.29 is 14.0 Å². The van der Waals surface area contributed by atoms with E-state index >= 15 is 0 Å². The first-order valence-corrected chi connectivity index (χ1v) is 12.8. The van der Waals surface area contributed by atoms with Crippen LogP contribution in [0.1, 0.15) is 56.1 Å². The maximum atomic E-state index is 14.2. The lowest BCUT2D eigenvalue weighted by Gasteiger charge is -2.31. The molecule has 1 aliphatic carbocycles. The van der Waals surface area contributed by atoms with E-state index < -0.39 is 6.04 Å². The summed E-state index contributed by atoms with van der Waals surface area (Å²) in [5.74, 6) is 0.374. The summed E-state index contributed by atoms with van der Waals surface area (Å²) in [6, 6.07) is 13.9. The van der Waals surface area contributed by atoms with E-state index in [1.165, 1.54) is 24.2 Å². The number of nitrogens with zero attached hydrogens (tertiary/aromatic N) is 3. The number of nitrogens with one attached hydrogen (secondary N) is 1. The molecular weight excluding hydrogens is 451 g/mol. The molecule has 2 aromatic carbocycles. The van der Waals surface area contributed by atoms with Gasteiger partial charge in [0.1, 0.15) is 17.7 Å². The minimum Gasteiger partial charge on any atom is -0.353 e. The number of rotatable bonds is 6. The van der Waals surface area contributed by atoms with Gasteiger partial charge in [-0.05, 0) is 43.0 Å². The van der Waals surface area contributed by atoms with Gasteiger partial charge in [0.2, 0.25) is 5.91 Å². The number of aliphatic imine (C=N–C) groups is 2. The number of carbonyl (C=O) groups excluding carboxylic acids is 2. The number of hydrogen-bond donors (Lipinski definition) is 1. The molecule has 3 aliphatic rings. The van der Waals surface area contributed by atoms with Crippen LogP contribution in [0.4, 0.5) is 10.1 Å². The summed E-state index contributed by atoms with van der Waals surface area (Å²) in [5, 5.41) is 3.73. The molecule has 1 N–H and O–H groups in total. The van der Waals surface area contributed by atoms with Crippen molar-refractivity contribution in [3.8, 4) is 0 Å². The summed E-state index contributed by atoms with van der Waals surface area (Å²) >= 11 is 1.38. The van der Waals surface area contributed by atoms with Gasteiger partial charge < -0.3 is 5.32 Å². The molecule has 2 amide bonds. The summed E-state index contributed by atoms with van der Waals surface area (Å²) in [6.07, 6.45) is 6.17. The van der Waals surface area contributed by atoms with Gasteiger partial charge in [0, 0.05) is 23.8 Å². The van der Waals surface area contributed by atoms with Crippen molar-refractivity contribution in [2.45, 2.75) is 62.8 Å². The van der Waals surface area contributed by atoms with Gasteiger partial charge in [-0.15, -0.1) is 0 Å². The van der Waals surface area contributed by atoms with E-state index in [1.807, 2.05) is 29.2 Å². The molecule has 0 bridgehead atoms. The summed E-state index contributed by atoms with van der Waals surface area (Å²) in [7, 11) is 0. The molecule has 5 rings (SSSR count). The molecule has 1 atom stereocenters. The van der Waals surface area contributed by atoms with Crippen LogP contribution in [0.3, 0.4) is 0 Å². The molecular formula is C26H27FN4O2S. The number of hydrogen-bond acceptors (Lipinski definition) is 5. The maximum Gasteiger partial charge on any atom is 0.270 e. The van der Waals surface area contributed by atoms with E-state index in [-0.39, 0.29) is 30.1 Å². The Hall–Kier alpha value is -3.00. The van der Waals surface area contributed by atoms with Crippen molar-refractivity contribution >= 4 is 40.3 Å². The topological polar surface area (TPSA) is 74.1 Å². The van der Waals surface area contributed by atoms with Crippen molar-refractivity contribution in [3.63, 3.8) is 0 Å². The molecule has 2 aromatic rings. The molecule has 2 aliphatic heterocycles. The number of thioether (sulfide) groups is 1. The van der Waals surface area contributed by atoms with Crippen molar-refractivity contribution in [2.75, 3.05) is 0 Å². The Balaban J connectivity index is 1.33. The molecule has 0 aromatic heterocycles. The molecule has 1 saturated carbocycles. The quantitative estimate of drug-likeness (QED) is 0.638. The van der Waals surface area contributed by atoms with Crippen LogP contribution in [0, 0.1) is 5.82 Å². The fourth-order valence-corrected chi connectivity index (χ4v) is 5.78. The predicted octanol–water partition coefficient (Wildman–Crippen LogP) is 4.95. The first-order valence-electron chi connectivity index (χ1n) is 11.9. The van der Waals surface area contributed by atoms with Crippen LogP contribution >= 0.6 is 11.8 Å². The van der Waals surface area contributed by atoms with Crippen molar-refractivity contribution in [1.29, 1.82) is 0 Å². The van der Waals surface area contributed by atoms with Gasteiger partial charge in [-0.25, -0.2) is 9.38 Å². The zero-order chi connectivity index (χ0) is 23.5. The van der Waals surface area contributed by atoms with Gasteiger partial charge in [-0.2, -0.15) is 4.99 Å². The standard InChI is InChI=1S/C26H27FN4O2S/c27-20-12-6-4-8-17(20)16-34-26-29-21-13-7-5-11-19(21)24-30-25(33)22(31(24)26)14-15-23(32)28-18-9-2-1-3-10-18/h4-8,11-13,18,22H,1-3,9-10,14-16H2,(H,28,32). The van der Waals surface area contributed by atoms with Crippen molar-refractivity contribution in [3.05, 3.63) is 65.5 Å². The summed E-state index contributed by atoms with van der Waals surface area (Å²) in [4.78, 5) is 36.5. The Bertz CT molecular complexity index is 1160. The minimum absolute atomic E-state index is 0.0249. The van der Waals surface area contributed by atoms with E-state index in [1.54, 1.807) is 18.2 Å². The number of para-hydroxylation sites is 1. The molecule has 34 heavy (non-hydrogen) atoms. The zero-order valence-electron chi connectivity index (χ0n) is 18.9. The molecule has 6 nitrogen and oxygen atoms in total. The highest BCUT2D eigenvalue weighted by atomic mass is 32.2. The third-order valence-corrected chi connectivity index (χ3v) is 7.54. The van der Waals surface area contributed by atoms with Gasteiger partial charge in [0.15, 0.2) is 5.17 Å². The molecule has 0 spiro atoms. The van der Waals surface area contributed by atoms with Crippen molar-refractivity contribution in [1.82, 2.24) is 10.2 Å². The van der Waals surface area contributed by atoms with Crippen LogP contribution in [0.15, 0.2) is 58.5 Å². The number of halogens is 1. The molecule has 8 heteroatoms. The van der Waals surface area contributed by atoms with Crippen LogP contribution in [0.25, 0.3) is 0 Å². The SMILES string of the molecule is O=C(CCC1C(=O)N=C2c3ccccc3N=C(SCc3ccccc3F)N21)NC1CCCCC1. The molecule has 2 heterocycles. The second-order valence-corrected chi connectivity index (χ2v) is 9.83. The van der Waals surface area contributed by atoms with Gasteiger partial charge >= 0.3 is 0 Å². The Labute approximate surface area is 202 Å². The summed E-state index contributed by atoms with van der Waals surface area (Å²) in [6.45, 7) is 0. The lowest BCUT2D eigenvalue weighted by Crippen LogP contribution is -2.44. The van der Waals surface area contributed by atoms with E-state index in [0.29, 0.717) is 28.7 Å². The first kappa shape index (κ1) is 22.8. The predicted molar refractivity (Wildman–Crippen MR) is 133 cm³/mol. The largest absolute Gasteiger partial charge is 0.353 e. The van der Waals surface area contributed by atoms with Crippen LogP contribution in [0.5, 0.6) is 0 Å². The third-order valence-electron chi connectivity index (χ3n) is 6.54. The highest BCUT2D eigenvalue weighted by molar-refractivity contribution is 8.13. The van der Waals surface area contributed by atoms with Crippen LogP contribution in [0.2, 0.25) is 0 Å². The monoisotopic (exact) mass is 478 g/mol. The summed E-state index contributed by atoms with van der Waals surface area (Å²) in [5.41, 5.74) is 2.10. The number of carbonyl (C=O) groups is 2. The minimum atomic E-state index is -0.590. The Morgan fingerprint density at radius 1 is 1.06 bits per heavy atom. The molecule has 0 radical (unpaired) electrons. The summed E-state index contributed by atoms with van der Waals surface area (Å²) < 4.78 is 14.2. The zero-order valence-corrected chi connectivity index (χ0v) is 19.7. The molecule has 1 fully saturated rings. The van der Waals surface area contributed by atoms with Gasteiger partial charge in [-0.1, -0.05) is 61.4 Å². The van der Waals surface area contributed by atoms with Crippen LogP contribution in [-0.2, 0) is 15.3 Å². The van der Waals surface area contributed by atoms with Crippen molar-refractivity contribution in [2.24, 2.45) is 9.98 Å². The third kappa shape index (κ3) is 4.78. The van der Waals surface area contributed by atoms with E-state index in [9.17, 15) is 14.0 Å². The average Bonchev–Trinajstić information content (AvgIpc) is 3.19. The average molecular weight is 479 g/mol. The second kappa shape index (κ2) is 10.1. The van der Waals surface area contributed by atoms with Gasteiger partial charge in [0.25, 0.3) is 5.91 Å². The fourth-order valence-electron chi connectivity index (χ4n) is 4.75. The van der Waals surface area contributed by atoms with Gasteiger partial charge in [0.05, 0.1) is 5.69 Å². The smallest absolute Gasteiger partial charge is 0.270 e. The lowest BCUT2D eigenvalue weighted by atomic mass is 9.95. The van der Waals surface area contributed by atoms with E-state index in [4.69, 9.17) is 4.99 Å². The number of amides is 2. The Morgan fingerprint density at radius 2 is 1.82 bits per heavy atom. The Morgan fingerprint density at radius 3 is 2.65 bits per heavy atom. The number of fused-ring (bicyclic) bond motifs is 3. The van der Waals surface area contributed by atoms with Gasteiger partial charge in [-0.3, -0.25) is 14.5 Å². The van der Waals surface area contributed by atoms with Crippen LogP contribution < -0.4 is 5.32 Å². The molecule has 176 valence electrons. The van der Waals surface area contributed by atoms with Crippen LogP contribution in [-0.4, -0.2) is 39.8 Å². The van der Waals surface area contributed by atoms with E-state index in [2.05, 4.69) is 10.3 Å². The Kier molecular flexibility index (Phi) is 6.76. The number of amidine groups is 2. The van der Waals surface area contributed by atoms with E-state index in [0.717, 1.165) is 36.9 Å². The molecule has 1 unspecified atom stereocenters. The normalized spacial score (nSPS) is 19.9. The number of benzene rings is 2. The second-order valence-electron chi connectivity index (χ2n) is 8.89. The maximum absolute atomic E-state index is 14.2. The fraction of sp³-hybridized carbons (Fsp3) is 0.385. The highest BCUT2D eigenvalue weighted by Crippen LogP contribution is 2.36. The molecule has 0 saturated heterocycles. The highest BCUT2D eigenvalue weighted by Gasteiger charge is 2.41. The first-order chi connectivity index (χ1) is 16.6. The lowest BCUT2D eigenvalue weighted by molar-refractivity contribution is -0.123.